The molecule has 0 atom stereocenters. The van der Waals surface area contributed by atoms with Crippen molar-refractivity contribution in [2.45, 2.75) is 52.4 Å². The van der Waals surface area contributed by atoms with E-state index in [1.807, 2.05) is 22.7 Å². The van der Waals surface area contributed by atoms with Crippen molar-refractivity contribution in [2.24, 2.45) is 0 Å². The van der Waals surface area contributed by atoms with Gasteiger partial charge < -0.3 is 0 Å². The van der Waals surface area contributed by atoms with E-state index in [1.165, 1.54) is 84.9 Å². The summed E-state index contributed by atoms with van der Waals surface area (Å²) in [5.41, 5.74) is 7.98. The van der Waals surface area contributed by atoms with Gasteiger partial charge in [-0.15, -0.1) is 22.7 Å². The van der Waals surface area contributed by atoms with E-state index < -0.39 is 0 Å². The molecule has 2 heteroatoms. The zero-order chi connectivity index (χ0) is 31.8. The summed E-state index contributed by atoms with van der Waals surface area (Å²) in [4.78, 5) is 2.84. The minimum atomic E-state index is 0.0465. The first kappa shape index (κ1) is 29.2. The van der Waals surface area contributed by atoms with E-state index in [0.29, 0.717) is 0 Å². The van der Waals surface area contributed by atoms with E-state index >= 15 is 0 Å². The molecular formula is C44H38S2. The third-order valence-corrected chi connectivity index (χ3v) is 12.4. The van der Waals surface area contributed by atoms with Gasteiger partial charge in [-0.25, -0.2) is 0 Å². The molecule has 0 spiro atoms. The average Bonchev–Trinajstić information content (AvgIpc) is 3.69. The molecular weight excluding hydrogens is 593 g/mol. The summed E-state index contributed by atoms with van der Waals surface area (Å²) in [5.74, 6) is 0. The summed E-state index contributed by atoms with van der Waals surface area (Å²) in [5, 5.41) is 7.90. The number of hydrogen-bond donors (Lipinski definition) is 0. The van der Waals surface area contributed by atoms with E-state index in [2.05, 4.69) is 163 Å². The lowest BCUT2D eigenvalue weighted by atomic mass is 9.87. The lowest BCUT2D eigenvalue weighted by Crippen LogP contribution is -2.07. The van der Waals surface area contributed by atoms with Gasteiger partial charge in [-0.2, -0.15) is 0 Å². The predicted molar refractivity (Wildman–Crippen MR) is 206 cm³/mol. The Morgan fingerprint density at radius 3 is 1.57 bits per heavy atom. The number of rotatable bonds is 3. The summed E-state index contributed by atoms with van der Waals surface area (Å²) in [7, 11) is 0. The standard InChI is InChI=1S/C44H38S2/c1-43(2,3)37-25-35-39(30-21-20-27-14-10-11-17-29(27)24-30)41-36(26-38(45-41)44(4,5)6)40(42(35)46-37)34-23-22-31(28-15-8-7-9-16-28)32-18-12-13-19-33(32)34/h7-26H,1-6H3. The van der Waals surface area contributed by atoms with Crippen LogP contribution in [-0.2, 0) is 10.8 Å². The van der Waals surface area contributed by atoms with Crippen LogP contribution in [0, 0.1) is 0 Å². The Morgan fingerprint density at radius 1 is 0.391 bits per heavy atom. The molecule has 8 rings (SSSR count). The molecule has 0 radical (unpaired) electrons. The molecule has 2 heterocycles. The second kappa shape index (κ2) is 10.7. The van der Waals surface area contributed by atoms with E-state index in [4.69, 9.17) is 0 Å². The van der Waals surface area contributed by atoms with Crippen molar-refractivity contribution in [3.05, 3.63) is 131 Å². The summed E-state index contributed by atoms with van der Waals surface area (Å²) in [6.45, 7) is 14.1. The molecule has 0 amide bonds. The van der Waals surface area contributed by atoms with Gasteiger partial charge in [0.2, 0.25) is 0 Å². The first-order valence-corrected chi connectivity index (χ1v) is 17.8. The van der Waals surface area contributed by atoms with Crippen molar-refractivity contribution >= 4 is 64.4 Å². The number of fused-ring (bicyclic) bond motifs is 4. The lowest BCUT2D eigenvalue weighted by molar-refractivity contribution is 0.604. The van der Waals surface area contributed by atoms with E-state index in [-0.39, 0.29) is 10.8 Å². The van der Waals surface area contributed by atoms with Crippen LogP contribution in [0.2, 0.25) is 0 Å². The van der Waals surface area contributed by atoms with E-state index in [0.717, 1.165) is 0 Å². The second-order valence-electron chi connectivity index (χ2n) is 14.6. The van der Waals surface area contributed by atoms with Crippen LogP contribution in [-0.4, -0.2) is 0 Å². The molecule has 2 aromatic heterocycles. The maximum absolute atomic E-state index is 2.51. The van der Waals surface area contributed by atoms with Gasteiger partial charge in [-0.1, -0.05) is 145 Å². The van der Waals surface area contributed by atoms with Gasteiger partial charge in [-0.3, -0.25) is 0 Å². The maximum Gasteiger partial charge on any atom is 0.0437 e. The molecule has 0 saturated carbocycles. The van der Waals surface area contributed by atoms with Gasteiger partial charge in [0.1, 0.15) is 0 Å². The molecule has 8 aromatic rings. The highest BCUT2D eigenvalue weighted by atomic mass is 32.1. The van der Waals surface area contributed by atoms with Gasteiger partial charge >= 0.3 is 0 Å². The van der Waals surface area contributed by atoms with Crippen molar-refractivity contribution in [2.75, 3.05) is 0 Å². The molecule has 0 aliphatic heterocycles. The van der Waals surface area contributed by atoms with Crippen LogP contribution in [0.4, 0.5) is 0 Å². The molecule has 6 aromatic carbocycles. The van der Waals surface area contributed by atoms with Crippen LogP contribution >= 0.6 is 22.7 Å². The summed E-state index contributed by atoms with van der Waals surface area (Å²) >= 11 is 3.97. The highest BCUT2D eigenvalue weighted by Crippen LogP contribution is 2.53. The largest absolute Gasteiger partial charge is 0.139 e. The van der Waals surface area contributed by atoms with Crippen molar-refractivity contribution in [3.63, 3.8) is 0 Å². The topological polar surface area (TPSA) is 0 Å². The Kier molecular flexibility index (Phi) is 6.76. The minimum Gasteiger partial charge on any atom is -0.139 e. The van der Waals surface area contributed by atoms with Crippen LogP contribution in [0.1, 0.15) is 51.3 Å². The highest BCUT2D eigenvalue weighted by Gasteiger charge is 2.27. The molecule has 0 bridgehead atoms. The van der Waals surface area contributed by atoms with Crippen molar-refractivity contribution in [1.29, 1.82) is 0 Å². The number of benzene rings is 6. The Bertz CT molecular complexity index is 2350. The molecule has 0 nitrogen and oxygen atoms in total. The monoisotopic (exact) mass is 630 g/mol. The Morgan fingerprint density at radius 2 is 0.913 bits per heavy atom. The fourth-order valence-electron chi connectivity index (χ4n) is 6.79. The lowest BCUT2D eigenvalue weighted by Gasteiger charge is -2.16. The molecule has 226 valence electrons. The fraction of sp³-hybridized carbons (Fsp3) is 0.182. The maximum atomic E-state index is 2.51. The zero-order valence-corrected chi connectivity index (χ0v) is 29.0. The smallest absolute Gasteiger partial charge is 0.0437 e. The SMILES string of the molecule is CC(C)(C)c1cc2c(-c3ccc(-c4ccccc4)c4ccccc34)c3sc(C(C)(C)C)cc3c(-c3ccc4ccccc4c3)c2s1. The molecule has 0 aliphatic carbocycles. The first-order chi connectivity index (χ1) is 22.1. The van der Waals surface area contributed by atoms with Crippen molar-refractivity contribution in [1.82, 2.24) is 0 Å². The van der Waals surface area contributed by atoms with E-state index in [9.17, 15) is 0 Å². The van der Waals surface area contributed by atoms with Gasteiger partial charge in [-0.05, 0) is 72.8 Å². The molecule has 0 fully saturated rings. The van der Waals surface area contributed by atoms with Gasteiger partial charge in [0, 0.05) is 41.1 Å². The normalized spacial score (nSPS) is 12.6. The molecule has 0 unspecified atom stereocenters. The number of thiophene rings is 2. The third-order valence-electron chi connectivity index (χ3n) is 9.25. The summed E-state index contributed by atoms with van der Waals surface area (Å²) in [6, 6.07) is 45.3. The van der Waals surface area contributed by atoms with Crippen LogP contribution in [0.25, 0.3) is 75.1 Å². The highest BCUT2D eigenvalue weighted by molar-refractivity contribution is 7.22. The minimum absolute atomic E-state index is 0.0465. The van der Waals surface area contributed by atoms with E-state index in [1.54, 1.807) is 0 Å². The van der Waals surface area contributed by atoms with Gasteiger partial charge in [0.15, 0.2) is 0 Å². The van der Waals surface area contributed by atoms with Gasteiger partial charge in [0.25, 0.3) is 0 Å². The molecule has 0 aliphatic rings. The van der Waals surface area contributed by atoms with Crippen LogP contribution in [0.15, 0.2) is 121 Å². The number of hydrogen-bond acceptors (Lipinski definition) is 2. The zero-order valence-electron chi connectivity index (χ0n) is 27.4. The fourth-order valence-corrected chi connectivity index (χ4v) is 9.39. The van der Waals surface area contributed by atoms with Crippen LogP contribution in [0.5, 0.6) is 0 Å². The summed E-state index contributed by atoms with van der Waals surface area (Å²) < 4.78 is 2.77. The van der Waals surface area contributed by atoms with Gasteiger partial charge in [0.05, 0.1) is 0 Å². The van der Waals surface area contributed by atoms with Crippen molar-refractivity contribution < 1.29 is 0 Å². The van der Waals surface area contributed by atoms with Crippen LogP contribution in [0.3, 0.4) is 0 Å². The summed E-state index contributed by atoms with van der Waals surface area (Å²) in [6.07, 6.45) is 0. The quantitative estimate of drug-likeness (QED) is 0.182. The Balaban J connectivity index is 1.53. The molecule has 46 heavy (non-hydrogen) atoms. The molecule has 0 N–H and O–H groups in total. The predicted octanol–water partition coefficient (Wildman–Crippen LogP) is 14.0. The first-order valence-electron chi connectivity index (χ1n) is 16.2. The Labute approximate surface area is 280 Å². The Hall–Kier alpha value is -4.24. The second-order valence-corrected chi connectivity index (χ2v) is 16.7. The molecule has 0 saturated heterocycles. The third kappa shape index (κ3) is 4.78. The van der Waals surface area contributed by atoms with Crippen LogP contribution < -0.4 is 0 Å². The van der Waals surface area contributed by atoms with Crippen molar-refractivity contribution in [3.8, 4) is 33.4 Å². The average molecular weight is 631 g/mol.